The lowest BCUT2D eigenvalue weighted by molar-refractivity contribution is 0.0509. The van der Waals surface area contributed by atoms with Crippen LogP contribution >= 0.6 is 0 Å². The number of nitrogens with one attached hydrogen (secondary N) is 1. The standard InChI is InChI=1S/C35H41NO7/c1-38-19-4-21-40-31-13-9-28(10-14-31)34(27-6-3-7-27)43-33-17-8-26(24-30(33)25-36)18-23-42-35(37)29-11-15-32(16-12-29)41-22-5-20-39-2/h8-17,24-25,36H,3-7,18-23H2,1-2H3. The fourth-order valence-electron chi connectivity index (χ4n) is 4.51. The first kappa shape index (κ1) is 31.8. The molecule has 0 bridgehead atoms. The Morgan fingerprint density at radius 1 is 0.767 bits per heavy atom. The first-order chi connectivity index (χ1) is 21.1. The molecule has 0 amide bonds. The van der Waals surface area contributed by atoms with Crippen molar-refractivity contribution in [1.29, 1.82) is 5.41 Å². The zero-order chi connectivity index (χ0) is 30.3. The minimum absolute atomic E-state index is 0.223. The number of hydrogen-bond acceptors (Lipinski definition) is 8. The number of benzene rings is 3. The van der Waals surface area contributed by atoms with Crippen molar-refractivity contribution in [2.75, 3.05) is 47.3 Å². The molecule has 8 nitrogen and oxygen atoms in total. The molecule has 43 heavy (non-hydrogen) atoms. The van der Waals surface area contributed by atoms with Crippen molar-refractivity contribution >= 4 is 17.9 Å². The molecule has 228 valence electrons. The summed E-state index contributed by atoms with van der Waals surface area (Å²) in [5, 5.41) is 8.01. The summed E-state index contributed by atoms with van der Waals surface area (Å²) in [5.74, 6) is 2.58. The summed E-state index contributed by atoms with van der Waals surface area (Å²) in [6.07, 6.45) is 6.59. The van der Waals surface area contributed by atoms with E-state index in [0.717, 1.165) is 54.7 Å². The van der Waals surface area contributed by atoms with E-state index in [1.807, 2.05) is 42.5 Å². The van der Waals surface area contributed by atoms with Crippen LogP contribution in [0.4, 0.5) is 0 Å². The van der Waals surface area contributed by atoms with Crippen LogP contribution in [0.5, 0.6) is 17.2 Å². The smallest absolute Gasteiger partial charge is 0.338 e. The van der Waals surface area contributed by atoms with Gasteiger partial charge in [0.15, 0.2) is 0 Å². The van der Waals surface area contributed by atoms with Crippen LogP contribution in [-0.2, 0) is 20.6 Å². The number of allylic oxidation sites excluding steroid dienone is 1. The third-order valence-electron chi connectivity index (χ3n) is 7.07. The topological polar surface area (TPSA) is 96.3 Å². The van der Waals surface area contributed by atoms with Gasteiger partial charge in [-0.2, -0.15) is 0 Å². The monoisotopic (exact) mass is 587 g/mol. The Labute approximate surface area is 254 Å². The van der Waals surface area contributed by atoms with Crippen LogP contribution in [0.2, 0.25) is 0 Å². The molecule has 0 radical (unpaired) electrons. The van der Waals surface area contributed by atoms with Gasteiger partial charge in [-0.05, 0) is 91.1 Å². The molecule has 3 aromatic rings. The van der Waals surface area contributed by atoms with Gasteiger partial charge in [-0.3, -0.25) is 0 Å². The van der Waals surface area contributed by atoms with E-state index in [-0.39, 0.29) is 12.6 Å². The third kappa shape index (κ3) is 9.70. The number of ether oxygens (including phenoxy) is 6. The molecule has 8 heteroatoms. The lowest BCUT2D eigenvalue weighted by Crippen LogP contribution is -2.09. The second kappa shape index (κ2) is 17.1. The largest absolute Gasteiger partial charge is 0.494 e. The molecule has 0 heterocycles. The quantitative estimate of drug-likeness (QED) is 0.0749. The van der Waals surface area contributed by atoms with E-state index >= 15 is 0 Å². The predicted octanol–water partition coefficient (Wildman–Crippen LogP) is 6.89. The first-order valence-electron chi connectivity index (χ1n) is 14.8. The zero-order valence-corrected chi connectivity index (χ0v) is 25.1. The number of carbonyl (C=O) groups excluding carboxylic acids is 1. The Morgan fingerprint density at radius 3 is 1.91 bits per heavy atom. The Kier molecular flexibility index (Phi) is 12.6. The predicted molar refractivity (Wildman–Crippen MR) is 167 cm³/mol. The Balaban J connectivity index is 1.32. The summed E-state index contributed by atoms with van der Waals surface area (Å²) in [7, 11) is 3.34. The van der Waals surface area contributed by atoms with Crippen molar-refractivity contribution < 1.29 is 33.2 Å². The molecule has 1 N–H and O–H groups in total. The van der Waals surface area contributed by atoms with E-state index in [1.165, 1.54) is 11.8 Å². The Morgan fingerprint density at radius 2 is 1.37 bits per heavy atom. The number of esters is 1. The second-order valence-corrected chi connectivity index (χ2v) is 10.2. The summed E-state index contributed by atoms with van der Waals surface area (Å²) in [6.45, 7) is 2.69. The summed E-state index contributed by atoms with van der Waals surface area (Å²) < 4.78 is 33.5. The van der Waals surface area contributed by atoms with Gasteiger partial charge in [-0.1, -0.05) is 6.07 Å². The van der Waals surface area contributed by atoms with Gasteiger partial charge in [0.2, 0.25) is 0 Å². The maximum Gasteiger partial charge on any atom is 0.338 e. The van der Waals surface area contributed by atoms with E-state index in [0.29, 0.717) is 55.5 Å². The van der Waals surface area contributed by atoms with E-state index in [9.17, 15) is 4.79 Å². The van der Waals surface area contributed by atoms with Crippen LogP contribution in [-0.4, -0.2) is 59.4 Å². The van der Waals surface area contributed by atoms with Crippen molar-refractivity contribution in [1.82, 2.24) is 0 Å². The van der Waals surface area contributed by atoms with Crippen molar-refractivity contribution in [2.45, 2.75) is 38.5 Å². The molecule has 3 aromatic carbocycles. The van der Waals surface area contributed by atoms with Crippen molar-refractivity contribution in [3.63, 3.8) is 0 Å². The van der Waals surface area contributed by atoms with E-state index in [1.54, 1.807) is 38.5 Å². The molecule has 0 saturated heterocycles. The number of carbonyl (C=O) groups is 1. The lowest BCUT2D eigenvalue weighted by Gasteiger charge is -2.23. The molecule has 1 fully saturated rings. The minimum Gasteiger partial charge on any atom is -0.494 e. The molecule has 0 aliphatic heterocycles. The third-order valence-corrected chi connectivity index (χ3v) is 7.07. The minimum atomic E-state index is -0.388. The van der Waals surface area contributed by atoms with Crippen LogP contribution < -0.4 is 14.2 Å². The highest BCUT2D eigenvalue weighted by Gasteiger charge is 2.19. The highest BCUT2D eigenvalue weighted by molar-refractivity contribution is 5.89. The zero-order valence-electron chi connectivity index (χ0n) is 25.1. The summed E-state index contributed by atoms with van der Waals surface area (Å²) in [4.78, 5) is 12.5. The Bertz CT molecular complexity index is 1340. The molecule has 1 aliphatic carbocycles. The SMILES string of the molecule is COCCCOc1ccc(C(=O)OCCc2ccc(OC(=C3CCC3)c3ccc(OCCCOC)cc3)c(C=N)c2)cc1. The van der Waals surface area contributed by atoms with Crippen LogP contribution in [0.25, 0.3) is 5.76 Å². The van der Waals surface area contributed by atoms with Gasteiger partial charge in [0, 0.05) is 64.0 Å². The van der Waals surface area contributed by atoms with Gasteiger partial charge in [0.05, 0.1) is 25.4 Å². The lowest BCUT2D eigenvalue weighted by atomic mass is 9.89. The van der Waals surface area contributed by atoms with Gasteiger partial charge in [0.1, 0.15) is 23.0 Å². The molecule has 4 rings (SSSR count). The van der Waals surface area contributed by atoms with Crippen molar-refractivity contribution in [3.05, 3.63) is 94.6 Å². The fraction of sp³-hybridized carbons (Fsp3) is 0.371. The van der Waals surface area contributed by atoms with E-state index < -0.39 is 0 Å². The van der Waals surface area contributed by atoms with E-state index in [2.05, 4.69) is 0 Å². The van der Waals surface area contributed by atoms with Gasteiger partial charge in [-0.25, -0.2) is 4.79 Å². The first-order valence-corrected chi connectivity index (χ1v) is 14.8. The molecule has 1 saturated carbocycles. The number of methoxy groups -OCH3 is 2. The van der Waals surface area contributed by atoms with Crippen LogP contribution in [0.3, 0.4) is 0 Å². The van der Waals surface area contributed by atoms with Gasteiger partial charge >= 0.3 is 5.97 Å². The maximum atomic E-state index is 12.5. The van der Waals surface area contributed by atoms with Crippen LogP contribution in [0, 0.1) is 5.41 Å². The molecule has 0 spiro atoms. The summed E-state index contributed by atoms with van der Waals surface area (Å²) >= 11 is 0. The highest BCUT2D eigenvalue weighted by Crippen LogP contribution is 2.36. The van der Waals surface area contributed by atoms with Crippen LogP contribution in [0.15, 0.2) is 72.3 Å². The summed E-state index contributed by atoms with van der Waals surface area (Å²) in [6, 6.07) is 20.6. The maximum absolute atomic E-state index is 12.5. The molecule has 0 aromatic heterocycles. The number of hydrogen-bond donors (Lipinski definition) is 1. The molecular weight excluding hydrogens is 546 g/mol. The number of rotatable bonds is 18. The van der Waals surface area contributed by atoms with Crippen molar-refractivity contribution in [2.24, 2.45) is 0 Å². The molecule has 0 atom stereocenters. The fourth-order valence-corrected chi connectivity index (χ4v) is 4.51. The molecular formula is C35H41NO7. The Hall–Kier alpha value is -4.14. The molecule has 0 unspecified atom stereocenters. The summed E-state index contributed by atoms with van der Waals surface area (Å²) in [5.41, 5.74) is 4.34. The average molecular weight is 588 g/mol. The van der Waals surface area contributed by atoms with Crippen molar-refractivity contribution in [3.8, 4) is 17.2 Å². The van der Waals surface area contributed by atoms with E-state index in [4.69, 9.17) is 33.8 Å². The second-order valence-electron chi connectivity index (χ2n) is 10.2. The highest BCUT2D eigenvalue weighted by atomic mass is 16.5. The van der Waals surface area contributed by atoms with Gasteiger partial charge in [0.25, 0.3) is 0 Å². The normalized spacial score (nSPS) is 12.3. The molecule has 1 aliphatic rings. The van der Waals surface area contributed by atoms with Gasteiger partial charge in [-0.15, -0.1) is 0 Å². The van der Waals surface area contributed by atoms with Gasteiger partial charge < -0.3 is 33.8 Å². The average Bonchev–Trinajstić information content (AvgIpc) is 3.01. The van der Waals surface area contributed by atoms with Crippen LogP contribution in [0.1, 0.15) is 59.2 Å².